The van der Waals surface area contributed by atoms with Crippen molar-refractivity contribution in [3.8, 4) is 0 Å². The van der Waals surface area contributed by atoms with Crippen LogP contribution in [0.2, 0.25) is 0 Å². The molecule has 4 heterocycles. The first kappa shape index (κ1) is 19.1. The van der Waals surface area contributed by atoms with E-state index in [1.807, 2.05) is 0 Å². The van der Waals surface area contributed by atoms with Crippen LogP contribution in [-0.4, -0.2) is 44.5 Å². The molecule has 0 aromatic carbocycles. The quantitative estimate of drug-likeness (QED) is 0.727. The first-order valence-corrected chi connectivity index (χ1v) is 8.06. The molecule has 0 radical (unpaired) electrons. The zero-order valence-electron chi connectivity index (χ0n) is 13.5. The molecule has 0 fully saturated rings. The van der Waals surface area contributed by atoms with Gasteiger partial charge in [0.05, 0.1) is 11.4 Å². The molecule has 24 heavy (non-hydrogen) atoms. The second-order valence-corrected chi connectivity index (χ2v) is 6.19. The van der Waals surface area contributed by atoms with Crippen LogP contribution < -0.4 is 10.9 Å². The molecule has 3 N–H and O–H groups in total. The molecule has 2 aliphatic heterocycles. The molecular weight excluding hydrogens is 351 g/mol. The zero-order chi connectivity index (χ0) is 14.9. The molecule has 2 aliphatic rings. The Morgan fingerprint density at radius 3 is 2.83 bits per heavy atom. The van der Waals surface area contributed by atoms with Gasteiger partial charge >= 0.3 is 0 Å². The van der Waals surface area contributed by atoms with E-state index >= 15 is 0 Å². The number of fused-ring (bicyclic) bond motifs is 2. The Labute approximate surface area is 153 Å². The molecule has 7 nitrogen and oxygen atoms in total. The van der Waals surface area contributed by atoms with Crippen molar-refractivity contribution < 1.29 is 0 Å². The third kappa shape index (κ3) is 3.85. The van der Waals surface area contributed by atoms with E-state index in [2.05, 4.69) is 31.2 Å². The van der Waals surface area contributed by atoms with Gasteiger partial charge < -0.3 is 10.4 Å². The standard InChI is InChI=1S/C15H22N6O.2ClH/c22-15-13-2-6-20(7-3-14(13)17-18-15)10-11-8-12-9-16-4-1-5-21(12)19-11;;/h8,16H,1-7,9-10H2,(H2,17,18,22);2*1H. The Morgan fingerprint density at radius 1 is 1.12 bits per heavy atom. The molecule has 2 aromatic heterocycles. The summed E-state index contributed by atoms with van der Waals surface area (Å²) in [4.78, 5) is 14.1. The van der Waals surface area contributed by atoms with E-state index in [0.717, 1.165) is 75.5 Å². The molecule has 0 amide bonds. The van der Waals surface area contributed by atoms with Crippen LogP contribution in [0.15, 0.2) is 10.9 Å². The summed E-state index contributed by atoms with van der Waals surface area (Å²) in [5, 5.41) is 13.9. The number of H-pyrrole nitrogens is 2. The highest BCUT2D eigenvalue weighted by atomic mass is 35.5. The van der Waals surface area contributed by atoms with Gasteiger partial charge in [-0.25, -0.2) is 0 Å². The Kier molecular flexibility index (Phi) is 6.51. The van der Waals surface area contributed by atoms with Crippen LogP contribution in [0.25, 0.3) is 0 Å². The number of rotatable bonds is 2. The van der Waals surface area contributed by atoms with Crippen molar-refractivity contribution in [2.24, 2.45) is 0 Å². The SMILES string of the molecule is Cl.Cl.O=c1[nH][nH]c2c1CCN(Cc1cc3n(n1)CCCNC3)CC2. The van der Waals surface area contributed by atoms with E-state index in [1.54, 1.807) is 0 Å². The zero-order valence-corrected chi connectivity index (χ0v) is 15.1. The van der Waals surface area contributed by atoms with Crippen LogP contribution in [0.5, 0.6) is 0 Å². The lowest BCUT2D eigenvalue weighted by Gasteiger charge is -2.18. The predicted molar refractivity (Wildman–Crippen MR) is 97.1 cm³/mol. The Morgan fingerprint density at radius 2 is 1.96 bits per heavy atom. The smallest absolute Gasteiger partial charge is 0.267 e. The molecule has 134 valence electrons. The van der Waals surface area contributed by atoms with Crippen molar-refractivity contribution in [2.75, 3.05) is 19.6 Å². The summed E-state index contributed by atoms with van der Waals surface area (Å²) in [6, 6.07) is 2.22. The van der Waals surface area contributed by atoms with Gasteiger partial charge in [0.25, 0.3) is 5.56 Å². The summed E-state index contributed by atoms with van der Waals surface area (Å²) in [6.45, 7) is 5.71. The van der Waals surface area contributed by atoms with E-state index in [4.69, 9.17) is 5.10 Å². The number of nitrogens with zero attached hydrogens (tertiary/aromatic N) is 3. The molecule has 2 aromatic rings. The van der Waals surface area contributed by atoms with Crippen LogP contribution in [0.4, 0.5) is 0 Å². The van der Waals surface area contributed by atoms with Crippen LogP contribution >= 0.6 is 24.8 Å². The fourth-order valence-corrected chi connectivity index (χ4v) is 3.44. The van der Waals surface area contributed by atoms with Gasteiger partial charge in [-0.1, -0.05) is 0 Å². The maximum atomic E-state index is 11.7. The number of nitrogens with one attached hydrogen (secondary N) is 3. The summed E-state index contributed by atoms with van der Waals surface area (Å²) in [6.07, 6.45) is 2.84. The molecule has 0 unspecified atom stereocenters. The van der Waals surface area contributed by atoms with Crippen LogP contribution in [0, 0.1) is 0 Å². The minimum absolute atomic E-state index is 0. The van der Waals surface area contributed by atoms with E-state index in [1.165, 1.54) is 5.69 Å². The van der Waals surface area contributed by atoms with E-state index in [9.17, 15) is 4.79 Å². The minimum Gasteiger partial charge on any atom is -0.311 e. The lowest BCUT2D eigenvalue weighted by Crippen LogP contribution is -2.27. The summed E-state index contributed by atoms with van der Waals surface area (Å²) >= 11 is 0. The molecule has 0 saturated carbocycles. The lowest BCUT2D eigenvalue weighted by atomic mass is 10.2. The molecule has 0 saturated heterocycles. The van der Waals surface area contributed by atoms with Gasteiger partial charge in [0.2, 0.25) is 0 Å². The molecule has 4 rings (SSSR count). The Balaban J connectivity index is 0.00000104. The first-order chi connectivity index (χ1) is 10.8. The molecule has 0 spiro atoms. The van der Waals surface area contributed by atoms with Gasteiger partial charge in [-0.3, -0.25) is 19.5 Å². The van der Waals surface area contributed by atoms with Gasteiger partial charge in [-0.15, -0.1) is 24.8 Å². The molecule has 0 bridgehead atoms. The van der Waals surface area contributed by atoms with Gasteiger partial charge in [0.1, 0.15) is 0 Å². The number of halogens is 2. The third-order valence-corrected chi connectivity index (χ3v) is 4.65. The second-order valence-electron chi connectivity index (χ2n) is 6.19. The largest absolute Gasteiger partial charge is 0.311 e. The number of hydrogen-bond donors (Lipinski definition) is 3. The van der Waals surface area contributed by atoms with Crippen molar-refractivity contribution in [3.05, 3.63) is 39.1 Å². The maximum Gasteiger partial charge on any atom is 0.267 e. The van der Waals surface area contributed by atoms with Crippen LogP contribution in [-0.2, 0) is 32.5 Å². The van der Waals surface area contributed by atoms with E-state index < -0.39 is 0 Å². The van der Waals surface area contributed by atoms with Crippen LogP contribution in [0.3, 0.4) is 0 Å². The number of aromatic amines is 2. The molecule has 0 aliphatic carbocycles. The normalized spacial score (nSPS) is 17.7. The van der Waals surface area contributed by atoms with Crippen molar-refractivity contribution in [1.82, 2.24) is 30.2 Å². The fourth-order valence-electron chi connectivity index (χ4n) is 3.44. The van der Waals surface area contributed by atoms with E-state index in [0.29, 0.717) is 0 Å². The number of aromatic nitrogens is 4. The Hall–Kier alpha value is -1.28. The second kappa shape index (κ2) is 8.20. The highest BCUT2D eigenvalue weighted by molar-refractivity contribution is 5.85. The maximum absolute atomic E-state index is 11.7. The van der Waals surface area contributed by atoms with Gasteiger partial charge in [0, 0.05) is 50.4 Å². The average molecular weight is 375 g/mol. The predicted octanol–water partition coefficient (Wildman–Crippen LogP) is 0.837. The van der Waals surface area contributed by atoms with Crippen molar-refractivity contribution >= 4 is 24.8 Å². The van der Waals surface area contributed by atoms with Crippen molar-refractivity contribution in [2.45, 2.75) is 38.9 Å². The number of aryl methyl sites for hydroxylation is 1. The van der Waals surface area contributed by atoms with Crippen molar-refractivity contribution in [3.63, 3.8) is 0 Å². The summed E-state index contributed by atoms with van der Waals surface area (Å²) < 4.78 is 2.14. The lowest BCUT2D eigenvalue weighted by molar-refractivity contribution is 0.274. The fraction of sp³-hybridized carbons (Fsp3) is 0.600. The highest BCUT2D eigenvalue weighted by Crippen LogP contribution is 2.14. The van der Waals surface area contributed by atoms with Crippen molar-refractivity contribution in [1.29, 1.82) is 0 Å². The monoisotopic (exact) mass is 374 g/mol. The average Bonchev–Trinajstić information content (AvgIpc) is 2.88. The summed E-state index contributed by atoms with van der Waals surface area (Å²) in [5.74, 6) is 0. The highest BCUT2D eigenvalue weighted by Gasteiger charge is 2.19. The Bertz CT molecular complexity index is 698. The minimum atomic E-state index is 0. The number of hydrogen-bond acceptors (Lipinski definition) is 4. The molecular formula is C15H24Cl2N6O. The van der Waals surface area contributed by atoms with Gasteiger partial charge in [-0.2, -0.15) is 5.10 Å². The topological polar surface area (TPSA) is 81.7 Å². The summed E-state index contributed by atoms with van der Waals surface area (Å²) in [7, 11) is 0. The van der Waals surface area contributed by atoms with Gasteiger partial charge in [-0.05, 0) is 25.5 Å². The third-order valence-electron chi connectivity index (χ3n) is 4.65. The van der Waals surface area contributed by atoms with Gasteiger partial charge in [0.15, 0.2) is 0 Å². The first-order valence-electron chi connectivity index (χ1n) is 8.06. The molecule has 0 atom stereocenters. The van der Waals surface area contributed by atoms with Crippen LogP contribution in [0.1, 0.15) is 29.1 Å². The molecule has 9 heteroatoms. The summed E-state index contributed by atoms with van der Waals surface area (Å²) in [5.41, 5.74) is 4.45. The van der Waals surface area contributed by atoms with E-state index in [-0.39, 0.29) is 30.4 Å².